The summed E-state index contributed by atoms with van der Waals surface area (Å²) in [6.45, 7) is 0. The van der Waals surface area contributed by atoms with Crippen molar-refractivity contribution in [3.05, 3.63) is 14.7 Å². The fourth-order valence-corrected chi connectivity index (χ4v) is 2.84. The van der Waals surface area contributed by atoms with Gasteiger partial charge in [-0.25, -0.2) is 8.42 Å². The largest absolute Gasteiger partial charge is 0.227 e. The quantitative estimate of drug-likeness (QED) is 0.730. The Hall–Kier alpha value is 0.230. The Balaban J connectivity index is 3.28. The molecule has 0 bridgehead atoms. The predicted molar refractivity (Wildman–Crippen MR) is 42.9 cm³/mol. The van der Waals surface area contributed by atoms with Crippen molar-refractivity contribution in [2.75, 3.05) is 0 Å². The standard InChI is InChI=1S/C4H2Cl2O2S2/c5-3-1-2(10(7)8)4(6)9-3/h1,10H. The van der Waals surface area contributed by atoms with Crippen molar-refractivity contribution in [2.24, 2.45) is 0 Å². The van der Waals surface area contributed by atoms with Gasteiger partial charge in [-0.1, -0.05) is 23.2 Å². The zero-order valence-electron chi connectivity index (χ0n) is 4.51. The number of thiophene rings is 1. The molecule has 2 nitrogen and oxygen atoms in total. The highest BCUT2D eigenvalue weighted by atomic mass is 35.5. The number of thiol groups is 1. The summed E-state index contributed by atoms with van der Waals surface area (Å²) in [6, 6.07) is 1.33. The van der Waals surface area contributed by atoms with Gasteiger partial charge < -0.3 is 0 Å². The van der Waals surface area contributed by atoms with Gasteiger partial charge in [0.25, 0.3) is 0 Å². The Labute approximate surface area is 73.3 Å². The average molecular weight is 217 g/mol. The first-order chi connectivity index (χ1) is 4.61. The third-order valence-electron chi connectivity index (χ3n) is 0.835. The van der Waals surface area contributed by atoms with Gasteiger partial charge in [-0.2, -0.15) is 0 Å². The molecule has 0 amide bonds. The summed E-state index contributed by atoms with van der Waals surface area (Å²) in [6.07, 6.45) is 0. The van der Waals surface area contributed by atoms with Crippen molar-refractivity contribution in [1.82, 2.24) is 0 Å². The number of hydrogen-bond acceptors (Lipinski definition) is 3. The SMILES string of the molecule is O=[SH](=O)c1cc(Cl)sc1Cl. The van der Waals surface area contributed by atoms with Crippen LogP contribution in [0.2, 0.25) is 8.67 Å². The Morgan fingerprint density at radius 2 is 2.00 bits per heavy atom. The second-order valence-electron chi connectivity index (χ2n) is 1.47. The van der Waals surface area contributed by atoms with Crippen molar-refractivity contribution in [3.63, 3.8) is 0 Å². The van der Waals surface area contributed by atoms with Crippen LogP contribution < -0.4 is 0 Å². The maximum atomic E-state index is 10.3. The molecule has 10 heavy (non-hydrogen) atoms. The summed E-state index contributed by atoms with van der Waals surface area (Å²) < 4.78 is 21.3. The van der Waals surface area contributed by atoms with E-state index in [1.54, 1.807) is 0 Å². The lowest BCUT2D eigenvalue weighted by molar-refractivity contribution is 0.615. The van der Waals surface area contributed by atoms with Gasteiger partial charge in [-0.15, -0.1) is 11.3 Å². The van der Waals surface area contributed by atoms with E-state index in [0.29, 0.717) is 4.34 Å². The topological polar surface area (TPSA) is 34.1 Å². The van der Waals surface area contributed by atoms with Gasteiger partial charge in [-0.3, -0.25) is 0 Å². The first kappa shape index (κ1) is 8.33. The Morgan fingerprint density at radius 1 is 1.40 bits per heavy atom. The minimum atomic E-state index is -2.60. The van der Waals surface area contributed by atoms with E-state index in [4.69, 9.17) is 23.2 Å². The van der Waals surface area contributed by atoms with E-state index in [-0.39, 0.29) is 9.23 Å². The molecule has 0 fully saturated rings. The third-order valence-corrected chi connectivity index (χ3v) is 3.35. The van der Waals surface area contributed by atoms with Crippen LogP contribution in [0, 0.1) is 0 Å². The molecule has 0 unspecified atom stereocenters. The Morgan fingerprint density at radius 3 is 2.20 bits per heavy atom. The summed E-state index contributed by atoms with van der Waals surface area (Å²) >= 11 is 12.0. The predicted octanol–water partition coefficient (Wildman–Crippen LogP) is 2.03. The second kappa shape index (κ2) is 3.09. The zero-order valence-corrected chi connectivity index (χ0v) is 7.73. The molecular weight excluding hydrogens is 215 g/mol. The fourth-order valence-electron chi connectivity index (χ4n) is 0.456. The molecule has 0 spiro atoms. The highest BCUT2D eigenvalue weighted by Gasteiger charge is 2.06. The fraction of sp³-hybridized carbons (Fsp3) is 0. The molecule has 1 aromatic heterocycles. The van der Waals surface area contributed by atoms with Crippen LogP contribution in [-0.4, -0.2) is 8.42 Å². The maximum absolute atomic E-state index is 10.3. The van der Waals surface area contributed by atoms with Crippen molar-refractivity contribution >= 4 is 45.2 Å². The van der Waals surface area contributed by atoms with Gasteiger partial charge in [0.15, 0.2) is 10.7 Å². The lowest BCUT2D eigenvalue weighted by Crippen LogP contribution is -1.72. The average Bonchev–Trinajstić information content (AvgIpc) is 2.10. The molecule has 0 aliphatic carbocycles. The highest BCUT2D eigenvalue weighted by Crippen LogP contribution is 2.31. The Kier molecular flexibility index (Phi) is 2.57. The molecule has 6 heteroatoms. The van der Waals surface area contributed by atoms with Crippen LogP contribution in [-0.2, 0) is 10.7 Å². The molecule has 1 heterocycles. The van der Waals surface area contributed by atoms with Gasteiger partial charge in [-0.05, 0) is 6.07 Å². The van der Waals surface area contributed by atoms with E-state index < -0.39 is 10.7 Å². The molecule has 0 saturated carbocycles. The van der Waals surface area contributed by atoms with Crippen LogP contribution in [0.5, 0.6) is 0 Å². The van der Waals surface area contributed by atoms with Crippen LogP contribution in [0.15, 0.2) is 11.0 Å². The van der Waals surface area contributed by atoms with Crippen LogP contribution in [0.1, 0.15) is 0 Å². The molecular formula is C4H2Cl2O2S2. The smallest absolute Gasteiger partial charge is 0.170 e. The van der Waals surface area contributed by atoms with Crippen molar-refractivity contribution in [2.45, 2.75) is 4.90 Å². The first-order valence-electron chi connectivity index (χ1n) is 2.20. The van der Waals surface area contributed by atoms with E-state index in [0.717, 1.165) is 11.3 Å². The van der Waals surface area contributed by atoms with Gasteiger partial charge in [0.1, 0.15) is 4.34 Å². The Bertz CT molecular complexity index is 307. The molecule has 0 aliphatic heterocycles. The molecule has 0 aromatic carbocycles. The summed E-state index contributed by atoms with van der Waals surface area (Å²) in [4.78, 5) is 0.103. The van der Waals surface area contributed by atoms with E-state index in [9.17, 15) is 8.42 Å². The molecule has 1 rings (SSSR count). The van der Waals surface area contributed by atoms with Gasteiger partial charge in [0, 0.05) is 0 Å². The van der Waals surface area contributed by atoms with Crippen LogP contribution in [0.25, 0.3) is 0 Å². The third kappa shape index (κ3) is 1.63. The normalized spacial score (nSPS) is 10.7. The first-order valence-corrected chi connectivity index (χ1v) is 4.95. The van der Waals surface area contributed by atoms with Gasteiger partial charge >= 0.3 is 0 Å². The number of hydrogen-bond donors (Lipinski definition) is 1. The van der Waals surface area contributed by atoms with E-state index in [1.165, 1.54) is 6.07 Å². The van der Waals surface area contributed by atoms with Crippen LogP contribution in [0.3, 0.4) is 0 Å². The van der Waals surface area contributed by atoms with E-state index in [2.05, 4.69) is 0 Å². The molecule has 0 N–H and O–H groups in total. The number of halogens is 2. The molecule has 1 aromatic rings. The van der Waals surface area contributed by atoms with Crippen molar-refractivity contribution in [1.29, 1.82) is 0 Å². The van der Waals surface area contributed by atoms with E-state index in [1.807, 2.05) is 0 Å². The molecule has 0 saturated heterocycles. The minimum Gasteiger partial charge on any atom is -0.227 e. The van der Waals surface area contributed by atoms with Gasteiger partial charge in [0.05, 0.1) is 9.23 Å². The molecule has 56 valence electrons. The lowest BCUT2D eigenvalue weighted by Gasteiger charge is -1.78. The van der Waals surface area contributed by atoms with Crippen molar-refractivity contribution in [3.8, 4) is 0 Å². The second-order valence-corrected chi connectivity index (χ2v) is 4.75. The minimum absolute atomic E-state index is 0.103. The summed E-state index contributed by atoms with van der Waals surface area (Å²) in [5, 5.41) is 0. The van der Waals surface area contributed by atoms with E-state index >= 15 is 0 Å². The van der Waals surface area contributed by atoms with Crippen LogP contribution >= 0.6 is 34.5 Å². The van der Waals surface area contributed by atoms with Crippen LogP contribution in [0.4, 0.5) is 0 Å². The monoisotopic (exact) mass is 216 g/mol. The molecule has 0 radical (unpaired) electrons. The van der Waals surface area contributed by atoms with Crippen molar-refractivity contribution < 1.29 is 8.42 Å². The maximum Gasteiger partial charge on any atom is 0.170 e. The highest BCUT2D eigenvalue weighted by molar-refractivity contribution is 7.73. The summed E-state index contributed by atoms with van der Waals surface area (Å²) in [7, 11) is -2.60. The number of rotatable bonds is 1. The summed E-state index contributed by atoms with van der Waals surface area (Å²) in [5.41, 5.74) is 0. The lowest BCUT2D eigenvalue weighted by atomic mass is 10.7. The summed E-state index contributed by atoms with van der Waals surface area (Å²) in [5.74, 6) is 0. The molecule has 0 atom stereocenters. The zero-order chi connectivity index (χ0) is 7.72. The molecule has 0 aliphatic rings. The van der Waals surface area contributed by atoms with Gasteiger partial charge in [0.2, 0.25) is 0 Å².